The Bertz CT molecular complexity index is 1340. The highest BCUT2D eigenvalue weighted by molar-refractivity contribution is 7.46. The molecule has 3 N–H and O–H groups in total. The summed E-state index contributed by atoms with van der Waals surface area (Å²) < 4.78 is 75.4. The summed E-state index contributed by atoms with van der Waals surface area (Å²) in [6.07, 6.45) is -3.75. The molecule has 0 radical (unpaired) electrons. The van der Waals surface area contributed by atoms with E-state index in [-0.39, 0.29) is 28.3 Å². The number of pyridine rings is 1. The fourth-order valence-electron chi connectivity index (χ4n) is 2.79. The van der Waals surface area contributed by atoms with Crippen LogP contribution in [0.2, 0.25) is 0 Å². The third kappa shape index (κ3) is 7.92. The van der Waals surface area contributed by atoms with Crippen LogP contribution >= 0.6 is 7.82 Å². The zero-order chi connectivity index (χ0) is 26.5. The molecule has 0 atom stereocenters. The van der Waals surface area contributed by atoms with Gasteiger partial charge in [0.25, 0.3) is 11.5 Å². The maximum atomic E-state index is 13.2. The van der Waals surface area contributed by atoms with Crippen LogP contribution in [0, 0.1) is 0 Å². The van der Waals surface area contributed by atoms with Crippen molar-refractivity contribution in [1.29, 1.82) is 0 Å². The molecule has 1 amide bonds. The van der Waals surface area contributed by atoms with Crippen molar-refractivity contribution in [2.45, 2.75) is 19.8 Å². The van der Waals surface area contributed by atoms with E-state index < -0.39 is 44.8 Å². The number of amides is 1. The van der Waals surface area contributed by atoms with E-state index in [2.05, 4.69) is 14.6 Å². The van der Waals surface area contributed by atoms with Crippen molar-refractivity contribution in [3.8, 4) is 17.2 Å². The average molecular weight is 532 g/mol. The van der Waals surface area contributed by atoms with E-state index in [1.807, 2.05) is 0 Å². The van der Waals surface area contributed by atoms with Crippen LogP contribution in [0.25, 0.3) is 0 Å². The molecule has 0 saturated heterocycles. The van der Waals surface area contributed by atoms with E-state index in [9.17, 15) is 31.7 Å². The number of nitrogens with one attached hydrogen (secondary N) is 1. The number of carbonyl (C=O) groups is 1. The number of nitrogens with zero attached hydrogens (tertiary/aromatic N) is 1. The second-order valence-corrected chi connectivity index (χ2v) is 8.25. The van der Waals surface area contributed by atoms with Gasteiger partial charge < -0.3 is 24.6 Å². The quantitative estimate of drug-likeness (QED) is 0.274. The minimum atomic E-state index is -4.88. The molecule has 10 nitrogen and oxygen atoms in total. The van der Waals surface area contributed by atoms with E-state index in [0.717, 1.165) is 41.1 Å². The Hall–Kier alpha value is -3.71. The van der Waals surface area contributed by atoms with Crippen LogP contribution in [0.3, 0.4) is 0 Å². The molecule has 0 spiro atoms. The number of carbonyl (C=O) groups excluding carboxylic acids is 1. The number of hydrogen-bond acceptors (Lipinski definition) is 6. The van der Waals surface area contributed by atoms with E-state index >= 15 is 0 Å². The summed E-state index contributed by atoms with van der Waals surface area (Å²) in [7, 11) is -4.81. The van der Waals surface area contributed by atoms with Gasteiger partial charge in [-0.05, 0) is 48.0 Å². The molecule has 0 aliphatic carbocycles. The van der Waals surface area contributed by atoms with Crippen LogP contribution in [0.1, 0.15) is 15.9 Å². The van der Waals surface area contributed by atoms with Crippen LogP contribution in [-0.2, 0) is 22.5 Å². The number of aromatic nitrogens is 1. The van der Waals surface area contributed by atoms with Gasteiger partial charge in [0.05, 0.1) is 5.56 Å². The highest BCUT2D eigenvalue weighted by atomic mass is 31.2. The van der Waals surface area contributed by atoms with Crippen LogP contribution < -0.4 is 20.3 Å². The molecule has 1 heterocycles. The number of hydrogen-bond donors (Lipinski definition) is 3. The number of ether oxygens (including phenoxy) is 2. The smallest absolute Gasteiger partial charge is 0.457 e. The number of halogens is 4. The van der Waals surface area contributed by atoms with Crippen molar-refractivity contribution in [1.82, 2.24) is 4.57 Å². The molecule has 15 heteroatoms. The Balaban J connectivity index is 1.79. The fourth-order valence-corrected chi connectivity index (χ4v) is 3.06. The lowest BCUT2D eigenvalue weighted by Crippen LogP contribution is -2.21. The predicted octanol–water partition coefficient (Wildman–Crippen LogP) is 4.33. The monoisotopic (exact) mass is 532 g/mol. The first-order chi connectivity index (χ1) is 16.8. The average Bonchev–Trinajstić information content (AvgIpc) is 2.78. The van der Waals surface area contributed by atoms with E-state index in [1.54, 1.807) is 0 Å². The lowest BCUT2D eigenvalue weighted by atomic mass is 10.1. The van der Waals surface area contributed by atoms with E-state index in [1.165, 1.54) is 24.3 Å². The highest BCUT2D eigenvalue weighted by Crippen LogP contribution is 2.36. The molecule has 36 heavy (non-hydrogen) atoms. The largest absolute Gasteiger partial charge is 0.573 e. The molecule has 1 aromatic heterocycles. The standard InChI is InChI=1S/C21H17F4N2O8P/c22-11-13-1-6-17(18(9-13)34-15-2-4-16(5-3-15)35-21(23,24)25)20(29)26-14-7-8-27(19(28)10-14)12-33-36(30,31)32/h1-10H,11-12H2,(H,26,29)(H2,30,31,32). The maximum Gasteiger partial charge on any atom is 0.573 e. The summed E-state index contributed by atoms with van der Waals surface area (Å²) >= 11 is 0. The summed E-state index contributed by atoms with van der Waals surface area (Å²) in [5, 5.41) is 2.43. The van der Waals surface area contributed by atoms with Crippen molar-refractivity contribution in [2.75, 3.05) is 5.32 Å². The van der Waals surface area contributed by atoms with Crippen molar-refractivity contribution in [3.05, 3.63) is 82.3 Å². The van der Waals surface area contributed by atoms with Gasteiger partial charge >= 0.3 is 14.2 Å². The second-order valence-electron chi connectivity index (χ2n) is 7.01. The number of alkyl halides is 4. The van der Waals surface area contributed by atoms with Crippen LogP contribution in [0.4, 0.5) is 23.2 Å². The summed E-state index contributed by atoms with van der Waals surface area (Å²) in [5.74, 6) is -1.35. The molecular weight excluding hydrogens is 515 g/mol. The molecule has 192 valence electrons. The molecule has 3 aromatic rings. The first kappa shape index (κ1) is 26.9. The predicted molar refractivity (Wildman–Crippen MR) is 116 cm³/mol. The SMILES string of the molecule is O=C(Nc1ccn(COP(=O)(O)O)c(=O)c1)c1ccc(CF)cc1Oc1ccc(OC(F)(F)F)cc1. The first-order valence-electron chi connectivity index (χ1n) is 9.77. The summed E-state index contributed by atoms with van der Waals surface area (Å²) in [4.78, 5) is 42.4. The molecule has 0 aliphatic rings. The molecule has 0 unspecified atom stereocenters. The van der Waals surface area contributed by atoms with Crippen molar-refractivity contribution in [2.24, 2.45) is 0 Å². The van der Waals surface area contributed by atoms with Crippen molar-refractivity contribution >= 4 is 19.4 Å². The third-order valence-electron chi connectivity index (χ3n) is 4.35. The number of phosphoric ester groups is 1. The maximum absolute atomic E-state index is 13.2. The molecule has 0 aliphatic heterocycles. The Morgan fingerprint density at radius 2 is 1.69 bits per heavy atom. The molecule has 0 fully saturated rings. The summed E-state index contributed by atoms with van der Waals surface area (Å²) in [5.41, 5.74) is -0.652. The third-order valence-corrected chi connectivity index (χ3v) is 4.80. The number of phosphoric acid groups is 1. The Morgan fingerprint density at radius 1 is 1.03 bits per heavy atom. The minimum Gasteiger partial charge on any atom is -0.457 e. The van der Waals surface area contributed by atoms with Crippen LogP contribution in [0.5, 0.6) is 17.2 Å². The van der Waals surface area contributed by atoms with Crippen LogP contribution in [0.15, 0.2) is 65.6 Å². The molecule has 2 aromatic carbocycles. The Morgan fingerprint density at radius 3 is 2.28 bits per heavy atom. The number of benzene rings is 2. The number of rotatable bonds is 9. The van der Waals surface area contributed by atoms with E-state index in [4.69, 9.17) is 14.5 Å². The Kier molecular flexibility index (Phi) is 8.15. The van der Waals surface area contributed by atoms with E-state index in [0.29, 0.717) is 0 Å². The van der Waals surface area contributed by atoms with Gasteiger partial charge in [0.2, 0.25) is 0 Å². The zero-order valence-electron chi connectivity index (χ0n) is 17.9. The van der Waals surface area contributed by atoms with Gasteiger partial charge in [-0.3, -0.25) is 18.7 Å². The molecule has 3 rings (SSSR count). The van der Waals surface area contributed by atoms with Gasteiger partial charge in [-0.15, -0.1) is 13.2 Å². The first-order valence-corrected chi connectivity index (χ1v) is 11.3. The van der Waals surface area contributed by atoms with Gasteiger partial charge in [0.1, 0.15) is 30.7 Å². The molecule has 0 bridgehead atoms. The summed E-state index contributed by atoms with van der Waals surface area (Å²) in [6.45, 7) is -1.61. The highest BCUT2D eigenvalue weighted by Gasteiger charge is 2.31. The van der Waals surface area contributed by atoms with Gasteiger partial charge in [-0.25, -0.2) is 8.96 Å². The minimum absolute atomic E-state index is 0.0200. The number of anilines is 1. The van der Waals surface area contributed by atoms with Gasteiger partial charge in [-0.2, -0.15) is 0 Å². The van der Waals surface area contributed by atoms with Gasteiger partial charge in [-0.1, -0.05) is 6.07 Å². The molecule has 0 saturated carbocycles. The normalized spacial score (nSPS) is 11.7. The Labute approximate surface area is 199 Å². The molecular formula is C21H17F4N2O8P. The van der Waals surface area contributed by atoms with Gasteiger partial charge in [0, 0.05) is 18.0 Å². The fraction of sp³-hybridized carbons (Fsp3) is 0.143. The van der Waals surface area contributed by atoms with Crippen molar-refractivity contribution in [3.63, 3.8) is 0 Å². The second kappa shape index (κ2) is 10.9. The summed E-state index contributed by atoms with van der Waals surface area (Å²) in [6, 6.07) is 10.3. The van der Waals surface area contributed by atoms with Crippen molar-refractivity contribution < 1.29 is 50.7 Å². The topological polar surface area (TPSA) is 136 Å². The lowest BCUT2D eigenvalue weighted by Gasteiger charge is -2.14. The lowest BCUT2D eigenvalue weighted by molar-refractivity contribution is -0.274. The van der Waals surface area contributed by atoms with Gasteiger partial charge in [0.15, 0.2) is 0 Å². The van der Waals surface area contributed by atoms with Crippen LogP contribution in [-0.4, -0.2) is 26.6 Å². The zero-order valence-corrected chi connectivity index (χ0v) is 18.8.